The topological polar surface area (TPSA) is 130 Å². The SMILES string of the molecule is CC(=O)N1CCN(C(=O)c2ccc(NS(=O)(=O)c3ccc(Cl)c([N+](=O)[O-])c3)cc2)CC1. The van der Waals surface area contributed by atoms with Crippen LogP contribution in [0.5, 0.6) is 0 Å². The molecule has 31 heavy (non-hydrogen) atoms. The summed E-state index contributed by atoms with van der Waals surface area (Å²) in [6, 6.07) is 9.02. The van der Waals surface area contributed by atoms with Gasteiger partial charge in [-0.3, -0.25) is 24.4 Å². The summed E-state index contributed by atoms with van der Waals surface area (Å²) >= 11 is 5.72. The Labute approximate surface area is 183 Å². The van der Waals surface area contributed by atoms with Gasteiger partial charge in [-0.1, -0.05) is 11.6 Å². The van der Waals surface area contributed by atoms with Crippen molar-refractivity contribution < 1.29 is 22.9 Å². The molecule has 1 saturated heterocycles. The zero-order valence-electron chi connectivity index (χ0n) is 16.4. The molecule has 0 radical (unpaired) electrons. The standard InChI is InChI=1S/C19H19ClN4O6S/c1-13(25)22-8-10-23(11-9-22)19(26)14-2-4-15(5-3-14)21-31(29,30)16-6-7-17(20)18(12-16)24(27)28/h2-7,12,21H,8-11H2,1H3. The molecule has 2 aromatic rings. The average Bonchev–Trinajstić information content (AvgIpc) is 2.73. The molecule has 3 rings (SSSR count). The molecule has 1 aliphatic rings. The first-order valence-electron chi connectivity index (χ1n) is 9.20. The molecule has 2 amide bonds. The van der Waals surface area contributed by atoms with Crippen LogP contribution in [0.15, 0.2) is 47.4 Å². The van der Waals surface area contributed by atoms with Gasteiger partial charge in [-0.15, -0.1) is 0 Å². The first-order chi connectivity index (χ1) is 14.6. The van der Waals surface area contributed by atoms with Crippen LogP contribution < -0.4 is 4.72 Å². The van der Waals surface area contributed by atoms with E-state index >= 15 is 0 Å². The fraction of sp³-hybridized carbons (Fsp3) is 0.263. The van der Waals surface area contributed by atoms with Crippen LogP contribution in [0.2, 0.25) is 5.02 Å². The number of benzene rings is 2. The molecule has 0 saturated carbocycles. The maximum atomic E-state index is 12.6. The number of halogens is 1. The number of nitro groups is 1. The van der Waals surface area contributed by atoms with Crippen molar-refractivity contribution in [1.29, 1.82) is 0 Å². The van der Waals surface area contributed by atoms with Gasteiger partial charge < -0.3 is 9.80 Å². The van der Waals surface area contributed by atoms with Gasteiger partial charge >= 0.3 is 0 Å². The first-order valence-corrected chi connectivity index (χ1v) is 11.1. The lowest BCUT2D eigenvalue weighted by Crippen LogP contribution is -2.50. The fourth-order valence-corrected chi connectivity index (χ4v) is 4.37. The van der Waals surface area contributed by atoms with Gasteiger partial charge in [-0.2, -0.15) is 0 Å². The zero-order valence-corrected chi connectivity index (χ0v) is 18.0. The highest BCUT2D eigenvalue weighted by atomic mass is 35.5. The summed E-state index contributed by atoms with van der Waals surface area (Å²) < 4.78 is 27.4. The Morgan fingerprint density at radius 1 is 1.03 bits per heavy atom. The van der Waals surface area contributed by atoms with Crippen molar-refractivity contribution in [3.05, 3.63) is 63.2 Å². The van der Waals surface area contributed by atoms with Crippen LogP contribution in [-0.4, -0.2) is 61.1 Å². The zero-order chi connectivity index (χ0) is 22.8. The minimum absolute atomic E-state index is 0.0326. The number of rotatable bonds is 5. The first kappa shape index (κ1) is 22.5. The van der Waals surface area contributed by atoms with E-state index in [1.807, 2.05) is 0 Å². The maximum absolute atomic E-state index is 12.6. The Bertz CT molecular complexity index is 1130. The molecular weight excluding hydrogens is 448 g/mol. The molecule has 12 heteroatoms. The minimum Gasteiger partial charge on any atom is -0.339 e. The Balaban J connectivity index is 1.70. The van der Waals surface area contributed by atoms with E-state index < -0.39 is 20.6 Å². The number of piperazine rings is 1. The van der Waals surface area contributed by atoms with E-state index in [0.29, 0.717) is 31.7 Å². The van der Waals surface area contributed by atoms with Crippen molar-refractivity contribution >= 4 is 44.8 Å². The highest BCUT2D eigenvalue weighted by Gasteiger charge is 2.24. The number of sulfonamides is 1. The summed E-state index contributed by atoms with van der Waals surface area (Å²) in [5.41, 5.74) is 0.0484. The van der Waals surface area contributed by atoms with Crippen molar-refractivity contribution in [2.75, 3.05) is 30.9 Å². The Hall–Kier alpha value is -3.18. The molecule has 1 N–H and O–H groups in total. The molecule has 1 fully saturated rings. The molecule has 0 unspecified atom stereocenters. The Kier molecular flexibility index (Phi) is 6.46. The molecule has 164 valence electrons. The minimum atomic E-state index is -4.10. The van der Waals surface area contributed by atoms with E-state index in [1.165, 1.54) is 31.2 Å². The van der Waals surface area contributed by atoms with Gasteiger partial charge in [0.25, 0.3) is 21.6 Å². The lowest BCUT2D eigenvalue weighted by molar-refractivity contribution is -0.384. The average molecular weight is 467 g/mol. The molecule has 0 atom stereocenters. The molecule has 2 aromatic carbocycles. The molecule has 1 heterocycles. The molecular formula is C19H19ClN4O6S. The predicted octanol–water partition coefficient (Wildman–Crippen LogP) is 2.35. The van der Waals surface area contributed by atoms with Crippen molar-refractivity contribution in [1.82, 2.24) is 9.80 Å². The van der Waals surface area contributed by atoms with Gasteiger partial charge in [0.2, 0.25) is 5.91 Å². The van der Waals surface area contributed by atoms with Gasteiger partial charge in [-0.05, 0) is 36.4 Å². The molecule has 0 spiro atoms. The second kappa shape index (κ2) is 8.90. The number of anilines is 1. The number of hydrogen-bond acceptors (Lipinski definition) is 6. The van der Waals surface area contributed by atoms with Gasteiger partial charge in [0.1, 0.15) is 5.02 Å². The monoisotopic (exact) mass is 466 g/mol. The van der Waals surface area contributed by atoms with Crippen LogP contribution in [0.3, 0.4) is 0 Å². The predicted molar refractivity (Wildman–Crippen MR) is 114 cm³/mol. The number of hydrogen-bond donors (Lipinski definition) is 1. The number of nitrogens with one attached hydrogen (secondary N) is 1. The van der Waals surface area contributed by atoms with Gasteiger partial charge in [-0.25, -0.2) is 8.42 Å². The van der Waals surface area contributed by atoms with Crippen molar-refractivity contribution in [3.63, 3.8) is 0 Å². The van der Waals surface area contributed by atoms with Gasteiger partial charge in [0.05, 0.1) is 9.82 Å². The second-order valence-electron chi connectivity index (χ2n) is 6.85. The Morgan fingerprint density at radius 2 is 1.61 bits per heavy atom. The number of nitro benzene ring substituents is 1. The molecule has 1 aliphatic heterocycles. The van der Waals surface area contributed by atoms with Crippen LogP contribution in [0.4, 0.5) is 11.4 Å². The quantitative estimate of drug-likeness (QED) is 0.531. The Morgan fingerprint density at radius 3 is 2.16 bits per heavy atom. The summed E-state index contributed by atoms with van der Waals surface area (Å²) in [6.45, 7) is 3.25. The lowest BCUT2D eigenvalue weighted by Gasteiger charge is -2.34. The molecule has 0 bridgehead atoms. The maximum Gasteiger partial charge on any atom is 0.289 e. The van der Waals surface area contributed by atoms with E-state index in [1.54, 1.807) is 9.80 Å². The smallest absolute Gasteiger partial charge is 0.289 e. The largest absolute Gasteiger partial charge is 0.339 e. The van der Waals surface area contributed by atoms with Crippen LogP contribution in [0.1, 0.15) is 17.3 Å². The van der Waals surface area contributed by atoms with E-state index in [0.717, 1.165) is 18.2 Å². The van der Waals surface area contributed by atoms with E-state index in [9.17, 15) is 28.1 Å². The van der Waals surface area contributed by atoms with Crippen LogP contribution in [0, 0.1) is 10.1 Å². The highest BCUT2D eigenvalue weighted by molar-refractivity contribution is 7.92. The van der Waals surface area contributed by atoms with Crippen molar-refractivity contribution in [2.24, 2.45) is 0 Å². The molecule has 10 nitrogen and oxygen atoms in total. The summed E-state index contributed by atoms with van der Waals surface area (Å²) in [5.74, 6) is -0.249. The summed E-state index contributed by atoms with van der Waals surface area (Å²) in [6.07, 6.45) is 0. The van der Waals surface area contributed by atoms with Crippen LogP contribution >= 0.6 is 11.6 Å². The number of amides is 2. The fourth-order valence-electron chi connectivity index (χ4n) is 3.10. The van der Waals surface area contributed by atoms with Crippen molar-refractivity contribution in [2.45, 2.75) is 11.8 Å². The summed E-state index contributed by atoms with van der Waals surface area (Å²) in [7, 11) is -4.10. The van der Waals surface area contributed by atoms with E-state index in [-0.39, 0.29) is 27.4 Å². The third-order valence-corrected chi connectivity index (χ3v) is 6.52. The summed E-state index contributed by atoms with van der Waals surface area (Å²) in [5, 5.41) is 10.8. The van der Waals surface area contributed by atoms with Crippen LogP contribution in [0.25, 0.3) is 0 Å². The number of carbonyl (C=O) groups is 2. The van der Waals surface area contributed by atoms with Gasteiger partial charge in [0.15, 0.2) is 0 Å². The molecule has 0 aromatic heterocycles. The third-order valence-electron chi connectivity index (χ3n) is 4.82. The lowest BCUT2D eigenvalue weighted by atomic mass is 10.1. The van der Waals surface area contributed by atoms with Crippen molar-refractivity contribution in [3.8, 4) is 0 Å². The van der Waals surface area contributed by atoms with E-state index in [2.05, 4.69) is 4.72 Å². The highest BCUT2D eigenvalue weighted by Crippen LogP contribution is 2.28. The van der Waals surface area contributed by atoms with E-state index in [4.69, 9.17) is 11.6 Å². The number of carbonyl (C=O) groups excluding carboxylic acids is 2. The van der Waals surface area contributed by atoms with Crippen LogP contribution in [-0.2, 0) is 14.8 Å². The third kappa shape index (κ3) is 5.12. The van der Waals surface area contributed by atoms with Gasteiger partial charge in [0, 0.05) is 50.4 Å². The normalized spacial score (nSPS) is 14.3. The molecule has 0 aliphatic carbocycles. The number of nitrogens with zero attached hydrogens (tertiary/aromatic N) is 3. The summed E-state index contributed by atoms with van der Waals surface area (Å²) in [4.78, 5) is 37.2. The second-order valence-corrected chi connectivity index (χ2v) is 8.94.